The molecule has 0 aliphatic rings. The highest BCUT2D eigenvalue weighted by Gasteiger charge is 2.00. The van der Waals surface area contributed by atoms with Crippen LogP contribution in [0.15, 0.2) is 36.7 Å². The Morgan fingerprint density at radius 3 is 2.83 bits per heavy atom. The molecule has 2 rings (SSSR count). The van der Waals surface area contributed by atoms with Crippen LogP contribution in [-0.2, 0) is 6.54 Å². The summed E-state index contributed by atoms with van der Waals surface area (Å²) in [4.78, 5) is 8.82. The molecule has 0 atom stereocenters. The molecular formula is C13H14N4S. The molecule has 0 saturated heterocycles. The lowest BCUT2D eigenvalue weighted by molar-refractivity contribution is 1.07. The third kappa shape index (κ3) is 3.24. The monoisotopic (exact) mass is 258 g/mol. The van der Waals surface area contributed by atoms with Crippen molar-refractivity contribution in [2.75, 3.05) is 5.32 Å². The fraction of sp³-hybridized carbons (Fsp3) is 0.154. The van der Waals surface area contributed by atoms with E-state index in [0.29, 0.717) is 11.5 Å². The molecule has 0 aliphatic heterocycles. The van der Waals surface area contributed by atoms with E-state index in [1.807, 2.05) is 31.3 Å². The van der Waals surface area contributed by atoms with Gasteiger partial charge in [0.25, 0.3) is 0 Å². The summed E-state index contributed by atoms with van der Waals surface area (Å²) in [6, 6.07) is 7.65. The third-order valence-corrected chi connectivity index (χ3v) is 2.73. The van der Waals surface area contributed by atoms with Crippen molar-refractivity contribution in [3.05, 3.63) is 53.5 Å². The van der Waals surface area contributed by atoms with Gasteiger partial charge in [0.05, 0.1) is 0 Å². The molecule has 0 amide bonds. The Hall–Kier alpha value is -2.01. The van der Waals surface area contributed by atoms with Crippen molar-refractivity contribution >= 4 is 23.0 Å². The van der Waals surface area contributed by atoms with Crippen LogP contribution in [-0.4, -0.2) is 15.0 Å². The molecule has 2 aromatic rings. The Bertz CT molecular complexity index is 551. The van der Waals surface area contributed by atoms with Crippen LogP contribution in [0.25, 0.3) is 0 Å². The molecule has 0 bridgehead atoms. The zero-order valence-electron chi connectivity index (χ0n) is 10.1. The minimum Gasteiger partial charge on any atom is -0.389 e. The molecule has 3 N–H and O–H groups in total. The number of nitrogens with two attached hydrogens (primary N) is 1. The van der Waals surface area contributed by atoms with Gasteiger partial charge in [0.15, 0.2) is 0 Å². The normalized spacial score (nSPS) is 10.1. The summed E-state index contributed by atoms with van der Waals surface area (Å²) in [6.45, 7) is 2.63. The standard InChI is InChI=1S/C13H14N4S/c1-9-2-3-10(7-16-9)8-17-12-6-11(13(14)18)4-5-15-12/h2-7H,8H2,1H3,(H2,14,18)(H,15,17). The van der Waals surface area contributed by atoms with Crippen molar-refractivity contribution in [2.45, 2.75) is 13.5 Å². The molecule has 0 saturated carbocycles. The first-order chi connectivity index (χ1) is 8.65. The number of aryl methyl sites for hydroxylation is 1. The maximum Gasteiger partial charge on any atom is 0.126 e. The molecule has 0 radical (unpaired) electrons. The number of hydrogen-bond acceptors (Lipinski definition) is 4. The summed E-state index contributed by atoms with van der Waals surface area (Å²) >= 11 is 4.93. The topological polar surface area (TPSA) is 63.8 Å². The molecule has 5 heteroatoms. The number of aromatic nitrogens is 2. The van der Waals surface area contributed by atoms with E-state index in [-0.39, 0.29) is 0 Å². The van der Waals surface area contributed by atoms with Gasteiger partial charge in [-0.25, -0.2) is 4.98 Å². The fourth-order valence-corrected chi connectivity index (χ4v) is 1.60. The van der Waals surface area contributed by atoms with Gasteiger partial charge in [-0.3, -0.25) is 4.98 Å². The first kappa shape index (κ1) is 12.4. The van der Waals surface area contributed by atoms with E-state index in [9.17, 15) is 0 Å². The van der Waals surface area contributed by atoms with Crippen LogP contribution in [0.2, 0.25) is 0 Å². The molecule has 92 valence electrons. The van der Waals surface area contributed by atoms with E-state index in [1.54, 1.807) is 12.3 Å². The smallest absolute Gasteiger partial charge is 0.126 e. The fourth-order valence-electron chi connectivity index (χ4n) is 1.48. The van der Waals surface area contributed by atoms with Crippen LogP contribution in [0.1, 0.15) is 16.8 Å². The van der Waals surface area contributed by atoms with Crippen molar-refractivity contribution in [1.29, 1.82) is 0 Å². The van der Waals surface area contributed by atoms with Crippen LogP contribution in [0, 0.1) is 6.92 Å². The zero-order valence-corrected chi connectivity index (χ0v) is 10.9. The second-order valence-corrected chi connectivity index (χ2v) is 4.40. The molecule has 4 nitrogen and oxygen atoms in total. The first-order valence-corrected chi connectivity index (χ1v) is 5.97. The van der Waals surface area contributed by atoms with Gasteiger partial charge >= 0.3 is 0 Å². The first-order valence-electron chi connectivity index (χ1n) is 5.56. The number of thiocarbonyl (C=S) groups is 1. The minimum atomic E-state index is 0.373. The van der Waals surface area contributed by atoms with Crippen molar-refractivity contribution < 1.29 is 0 Å². The van der Waals surface area contributed by atoms with Crippen molar-refractivity contribution in [3.8, 4) is 0 Å². The predicted molar refractivity (Wildman–Crippen MR) is 76.4 cm³/mol. The van der Waals surface area contributed by atoms with Gasteiger partial charge in [-0.1, -0.05) is 18.3 Å². The van der Waals surface area contributed by atoms with Crippen LogP contribution >= 0.6 is 12.2 Å². The lowest BCUT2D eigenvalue weighted by Crippen LogP contribution is -2.10. The number of rotatable bonds is 4. The summed E-state index contributed by atoms with van der Waals surface area (Å²) < 4.78 is 0. The third-order valence-electron chi connectivity index (χ3n) is 2.49. The summed E-state index contributed by atoms with van der Waals surface area (Å²) in [5, 5.41) is 3.21. The lowest BCUT2D eigenvalue weighted by atomic mass is 10.2. The van der Waals surface area contributed by atoms with Gasteiger partial charge in [0, 0.05) is 30.2 Å². The molecule has 2 aromatic heterocycles. The predicted octanol–water partition coefficient (Wildman–Crippen LogP) is 2.03. The van der Waals surface area contributed by atoms with E-state index in [0.717, 1.165) is 22.6 Å². The maximum absolute atomic E-state index is 5.57. The highest BCUT2D eigenvalue weighted by molar-refractivity contribution is 7.80. The Labute approximate surface area is 111 Å². The summed E-state index contributed by atoms with van der Waals surface area (Å²) in [5.74, 6) is 0.751. The molecule has 0 unspecified atom stereocenters. The van der Waals surface area contributed by atoms with E-state index in [1.165, 1.54) is 0 Å². The van der Waals surface area contributed by atoms with E-state index in [2.05, 4.69) is 15.3 Å². The Morgan fingerprint density at radius 1 is 1.33 bits per heavy atom. The Morgan fingerprint density at radius 2 is 2.17 bits per heavy atom. The summed E-state index contributed by atoms with van der Waals surface area (Å²) in [7, 11) is 0. The number of hydrogen-bond donors (Lipinski definition) is 2. The molecule has 0 fully saturated rings. The van der Waals surface area contributed by atoms with Gasteiger partial charge in [0.2, 0.25) is 0 Å². The van der Waals surface area contributed by atoms with E-state index < -0.39 is 0 Å². The SMILES string of the molecule is Cc1ccc(CNc2cc(C(N)=S)ccn2)cn1. The quantitative estimate of drug-likeness (QED) is 0.822. The average Bonchev–Trinajstić information content (AvgIpc) is 2.38. The zero-order chi connectivity index (χ0) is 13.0. The average molecular weight is 258 g/mol. The molecule has 0 aromatic carbocycles. The van der Waals surface area contributed by atoms with Crippen LogP contribution < -0.4 is 11.1 Å². The second kappa shape index (κ2) is 5.55. The summed E-state index contributed by atoms with van der Waals surface area (Å²) in [5.41, 5.74) is 8.49. The van der Waals surface area contributed by atoms with Gasteiger partial charge in [0.1, 0.15) is 10.8 Å². The Kier molecular flexibility index (Phi) is 3.84. The number of nitrogens with zero attached hydrogens (tertiary/aromatic N) is 2. The maximum atomic E-state index is 5.57. The number of nitrogens with one attached hydrogen (secondary N) is 1. The molecule has 0 aliphatic carbocycles. The van der Waals surface area contributed by atoms with Crippen LogP contribution in [0.5, 0.6) is 0 Å². The highest BCUT2D eigenvalue weighted by Crippen LogP contribution is 2.08. The molecule has 2 heterocycles. The van der Waals surface area contributed by atoms with Crippen LogP contribution in [0.4, 0.5) is 5.82 Å². The second-order valence-electron chi connectivity index (χ2n) is 3.96. The molecular weight excluding hydrogens is 244 g/mol. The van der Waals surface area contributed by atoms with Crippen LogP contribution in [0.3, 0.4) is 0 Å². The van der Waals surface area contributed by atoms with Gasteiger partial charge in [-0.2, -0.15) is 0 Å². The van der Waals surface area contributed by atoms with Gasteiger partial charge in [-0.05, 0) is 30.7 Å². The number of anilines is 1. The van der Waals surface area contributed by atoms with Gasteiger partial charge < -0.3 is 11.1 Å². The van der Waals surface area contributed by atoms with Crippen molar-refractivity contribution in [2.24, 2.45) is 5.73 Å². The highest BCUT2D eigenvalue weighted by atomic mass is 32.1. The molecule has 0 spiro atoms. The van der Waals surface area contributed by atoms with Crippen molar-refractivity contribution in [3.63, 3.8) is 0 Å². The Balaban J connectivity index is 2.04. The number of pyridine rings is 2. The largest absolute Gasteiger partial charge is 0.389 e. The summed E-state index contributed by atoms with van der Waals surface area (Å²) in [6.07, 6.45) is 3.53. The minimum absolute atomic E-state index is 0.373. The van der Waals surface area contributed by atoms with Gasteiger partial charge in [-0.15, -0.1) is 0 Å². The van der Waals surface area contributed by atoms with E-state index in [4.69, 9.17) is 18.0 Å². The lowest BCUT2D eigenvalue weighted by Gasteiger charge is -2.07. The van der Waals surface area contributed by atoms with Crippen molar-refractivity contribution in [1.82, 2.24) is 9.97 Å². The molecule has 18 heavy (non-hydrogen) atoms. The van der Waals surface area contributed by atoms with E-state index >= 15 is 0 Å².